The van der Waals surface area contributed by atoms with Crippen molar-refractivity contribution in [3.05, 3.63) is 51.9 Å². The van der Waals surface area contributed by atoms with Gasteiger partial charge in [0.05, 0.1) is 11.0 Å². The van der Waals surface area contributed by atoms with Crippen LogP contribution in [0.2, 0.25) is 5.28 Å². The Morgan fingerprint density at radius 3 is 2.88 bits per heavy atom. The van der Waals surface area contributed by atoms with E-state index < -0.39 is 4.92 Å². The summed E-state index contributed by atoms with van der Waals surface area (Å²) in [7, 11) is 0. The molecule has 0 saturated carbocycles. The van der Waals surface area contributed by atoms with Crippen molar-refractivity contribution in [3.8, 4) is 11.6 Å². The van der Waals surface area contributed by atoms with E-state index in [1.54, 1.807) is 6.07 Å². The maximum atomic E-state index is 10.6. The van der Waals surface area contributed by atoms with Crippen LogP contribution < -0.4 is 4.74 Å². The molecule has 1 aromatic carbocycles. The van der Waals surface area contributed by atoms with Crippen molar-refractivity contribution in [2.24, 2.45) is 0 Å². The minimum atomic E-state index is -0.500. The van der Waals surface area contributed by atoms with E-state index in [1.807, 2.05) is 0 Å². The van der Waals surface area contributed by atoms with Crippen LogP contribution in [0.25, 0.3) is 0 Å². The Morgan fingerprint density at radius 2 is 2.18 bits per heavy atom. The lowest BCUT2D eigenvalue weighted by molar-refractivity contribution is -0.384. The number of ether oxygens (including phenoxy) is 1. The average molecular weight is 252 g/mol. The number of benzene rings is 1. The standard InChI is InChI=1S/C10H6ClN3O3/c11-10-12-5-4-9(13-10)17-8-3-1-2-7(6-8)14(15)16/h1-6H. The molecule has 0 unspecified atom stereocenters. The molecule has 0 radical (unpaired) electrons. The fourth-order valence-electron chi connectivity index (χ4n) is 1.16. The SMILES string of the molecule is O=[N+]([O-])c1cccc(Oc2ccnc(Cl)n2)c1. The van der Waals surface area contributed by atoms with Crippen molar-refractivity contribution in [2.45, 2.75) is 0 Å². The van der Waals surface area contributed by atoms with Gasteiger partial charge in [-0.15, -0.1) is 0 Å². The Kier molecular flexibility index (Phi) is 3.15. The van der Waals surface area contributed by atoms with Crippen LogP contribution in [0.1, 0.15) is 0 Å². The topological polar surface area (TPSA) is 78.2 Å². The summed E-state index contributed by atoms with van der Waals surface area (Å²) >= 11 is 5.58. The minimum absolute atomic E-state index is 0.0490. The van der Waals surface area contributed by atoms with Crippen LogP contribution in [0.4, 0.5) is 5.69 Å². The third-order valence-electron chi connectivity index (χ3n) is 1.85. The van der Waals surface area contributed by atoms with Crippen molar-refractivity contribution in [1.29, 1.82) is 0 Å². The predicted molar refractivity (Wildman–Crippen MR) is 60.2 cm³/mol. The fourth-order valence-corrected chi connectivity index (χ4v) is 1.30. The Hall–Kier alpha value is -2.21. The van der Waals surface area contributed by atoms with Gasteiger partial charge in [-0.05, 0) is 17.7 Å². The van der Waals surface area contributed by atoms with Gasteiger partial charge in [-0.1, -0.05) is 6.07 Å². The highest BCUT2D eigenvalue weighted by Crippen LogP contribution is 2.23. The first kappa shape index (κ1) is 11.3. The van der Waals surface area contributed by atoms with Crippen molar-refractivity contribution in [2.75, 3.05) is 0 Å². The molecule has 0 N–H and O–H groups in total. The van der Waals surface area contributed by atoms with E-state index in [4.69, 9.17) is 16.3 Å². The molecule has 1 aromatic heterocycles. The molecule has 2 aromatic rings. The van der Waals surface area contributed by atoms with Gasteiger partial charge in [-0.2, -0.15) is 4.98 Å². The zero-order valence-electron chi connectivity index (χ0n) is 8.41. The van der Waals surface area contributed by atoms with Crippen LogP contribution in [-0.2, 0) is 0 Å². The third-order valence-corrected chi connectivity index (χ3v) is 2.03. The van der Waals surface area contributed by atoms with E-state index >= 15 is 0 Å². The van der Waals surface area contributed by atoms with E-state index in [9.17, 15) is 10.1 Å². The summed E-state index contributed by atoms with van der Waals surface area (Å²) in [6.45, 7) is 0. The molecule has 0 spiro atoms. The van der Waals surface area contributed by atoms with Crippen LogP contribution in [0.15, 0.2) is 36.5 Å². The molecule has 0 aliphatic carbocycles. The lowest BCUT2D eigenvalue weighted by atomic mass is 10.3. The fraction of sp³-hybridized carbons (Fsp3) is 0. The van der Waals surface area contributed by atoms with Gasteiger partial charge in [-0.3, -0.25) is 10.1 Å². The highest BCUT2D eigenvalue weighted by atomic mass is 35.5. The summed E-state index contributed by atoms with van der Waals surface area (Å²) in [5, 5.41) is 10.6. The second-order valence-electron chi connectivity index (χ2n) is 3.02. The van der Waals surface area contributed by atoms with Gasteiger partial charge in [0.1, 0.15) is 5.75 Å². The van der Waals surface area contributed by atoms with Crippen molar-refractivity contribution < 1.29 is 9.66 Å². The van der Waals surface area contributed by atoms with Crippen molar-refractivity contribution in [1.82, 2.24) is 9.97 Å². The molecule has 0 saturated heterocycles. The number of halogens is 1. The summed E-state index contributed by atoms with van der Waals surface area (Å²) in [6.07, 6.45) is 1.43. The molecule has 0 aliphatic heterocycles. The molecular weight excluding hydrogens is 246 g/mol. The van der Waals surface area contributed by atoms with E-state index in [0.29, 0.717) is 5.75 Å². The Balaban J connectivity index is 2.24. The Morgan fingerprint density at radius 1 is 1.35 bits per heavy atom. The first-order valence-electron chi connectivity index (χ1n) is 4.56. The van der Waals surface area contributed by atoms with Gasteiger partial charge < -0.3 is 4.74 Å². The van der Waals surface area contributed by atoms with Gasteiger partial charge in [0.2, 0.25) is 11.2 Å². The highest BCUT2D eigenvalue weighted by Gasteiger charge is 2.07. The number of hydrogen-bond donors (Lipinski definition) is 0. The van der Waals surface area contributed by atoms with Crippen LogP contribution in [0.3, 0.4) is 0 Å². The van der Waals surface area contributed by atoms with E-state index in [-0.39, 0.29) is 16.9 Å². The first-order valence-corrected chi connectivity index (χ1v) is 4.94. The van der Waals surface area contributed by atoms with E-state index in [2.05, 4.69) is 9.97 Å². The zero-order chi connectivity index (χ0) is 12.3. The van der Waals surface area contributed by atoms with Gasteiger partial charge in [-0.25, -0.2) is 4.98 Å². The number of non-ortho nitro benzene ring substituents is 1. The second kappa shape index (κ2) is 4.75. The predicted octanol–water partition coefficient (Wildman–Crippen LogP) is 2.83. The van der Waals surface area contributed by atoms with Crippen LogP contribution in [-0.4, -0.2) is 14.9 Å². The normalized spacial score (nSPS) is 9.94. The molecule has 0 bridgehead atoms. The van der Waals surface area contributed by atoms with Gasteiger partial charge in [0.15, 0.2) is 0 Å². The molecule has 1 heterocycles. The molecule has 2 rings (SSSR count). The van der Waals surface area contributed by atoms with Gasteiger partial charge in [0.25, 0.3) is 5.69 Å². The minimum Gasteiger partial charge on any atom is -0.439 e. The molecule has 0 amide bonds. The van der Waals surface area contributed by atoms with Crippen molar-refractivity contribution >= 4 is 17.3 Å². The average Bonchev–Trinajstić information content (AvgIpc) is 2.29. The lowest BCUT2D eigenvalue weighted by Gasteiger charge is -2.03. The summed E-state index contributed by atoms with van der Waals surface area (Å²) in [5.74, 6) is 0.541. The van der Waals surface area contributed by atoms with Crippen molar-refractivity contribution in [3.63, 3.8) is 0 Å². The second-order valence-corrected chi connectivity index (χ2v) is 3.36. The van der Waals surface area contributed by atoms with Gasteiger partial charge in [0, 0.05) is 18.3 Å². The smallest absolute Gasteiger partial charge is 0.273 e. The quantitative estimate of drug-likeness (QED) is 0.476. The Labute approximate surface area is 101 Å². The maximum absolute atomic E-state index is 10.6. The van der Waals surface area contributed by atoms with Gasteiger partial charge >= 0.3 is 0 Å². The first-order chi connectivity index (χ1) is 8.15. The molecular formula is C10H6ClN3O3. The summed E-state index contributed by atoms with van der Waals surface area (Å²) in [4.78, 5) is 17.6. The molecule has 0 aliphatic rings. The van der Waals surface area contributed by atoms with E-state index in [1.165, 1.54) is 30.5 Å². The lowest BCUT2D eigenvalue weighted by Crippen LogP contribution is -1.91. The van der Waals surface area contributed by atoms with Crippen LogP contribution >= 0.6 is 11.6 Å². The summed E-state index contributed by atoms with van der Waals surface area (Å²) < 4.78 is 5.31. The number of nitro benzene ring substituents is 1. The largest absolute Gasteiger partial charge is 0.439 e. The molecule has 7 heteroatoms. The monoisotopic (exact) mass is 251 g/mol. The number of aromatic nitrogens is 2. The maximum Gasteiger partial charge on any atom is 0.273 e. The number of rotatable bonds is 3. The van der Waals surface area contributed by atoms with E-state index in [0.717, 1.165) is 0 Å². The van der Waals surface area contributed by atoms with Crippen LogP contribution in [0, 0.1) is 10.1 Å². The molecule has 86 valence electrons. The molecule has 17 heavy (non-hydrogen) atoms. The number of nitrogens with zero attached hydrogens (tertiary/aromatic N) is 3. The van der Waals surface area contributed by atoms with Crippen LogP contribution in [0.5, 0.6) is 11.6 Å². The summed E-state index contributed by atoms with van der Waals surface area (Å²) in [5.41, 5.74) is -0.0531. The molecule has 6 nitrogen and oxygen atoms in total. The Bertz CT molecular complexity index is 562. The number of hydrogen-bond acceptors (Lipinski definition) is 5. The third kappa shape index (κ3) is 2.88. The highest BCUT2D eigenvalue weighted by molar-refractivity contribution is 6.28. The molecule has 0 fully saturated rings. The summed E-state index contributed by atoms with van der Waals surface area (Å²) in [6, 6.07) is 7.29. The zero-order valence-corrected chi connectivity index (χ0v) is 9.16. The number of nitro groups is 1. The molecule has 0 atom stereocenters.